The van der Waals surface area contributed by atoms with Crippen LogP contribution in [0.25, 0.3) is 10.1 Å². The molecule has 0 aliphatic carbocycles. The fourth-order valence-corrected chi connectivity index (χ4v) is 3.61. The minimum Gasteiger partial charge on any atom is -0.496 e. The van der Waals surface area contributed by atoms with Gasteiger partial charge in [0, 0.05) is 32.0 Å². The molecule has 2 aromatic carbocycles. The summed E-state index contributed by atoms with van der Waals surface area (Å²) in [4.78, 5) is 13.4. The van der Waals surface area contributed by atoms with Gasteiger partial charge in [-0.1, -0.05) is 17.7 Å². The van der Waals surface area contributed by atoms with E-state index in [-0.39, 0.29) is 5.78 Å². The van der Waals surface area contributed by atoms with Gasteiger partial charge in [-0.05, 0) is 48.9 Å². The van der Waals surface area contributed by atoms with E-state index in [4.69, 9.17) is 16.3 Å². The van der Waals surface area contributed by atoms with E-state index in [0.717, 1.165) is 17.6 Å². The maximum Gasteiger partial charge on any atom is 0.163 e. The zero-order valence-electron chi connectivity index (χ0n) is 12.1. The van der Waals surface area contributed by atoms with Crippen molar-refractivity contribution in [2.75, 3.05) is 7.11 Å². The van der Waals surface area contributed by atoms with Gasteiger partial charge in [-0.2, -0.15) is 0 Å². The van der Waals surface area contributed by atoms with Gasteiger partial charge < -0.3 is 4.74 Å². The second-order valence-electron chi connectivity index (χ2n) is 5.01. The molecule has 0 N–H and O–H groups in total. The van der Waals surface area contributed by atoms with Crippen LogP contribution in [0, 0.1) is 0 Å². The molecule has 0 aliphatic heterocycles. The van der Waals surface area contributed by atoms with Gasteiger partial charge in [-0.3, -0.25) is 4.79 Å². The molecular weight excluding hydrogens is 316 g/mol. The summed E-state index contributed by atoms with van der Waals surface area (Å²) >= 11 is 7.55. The van der Waals surface area contributed by atoms with Gasteiger partial charge in [-0.25, -0.2) is 0 Å². The van der Waals surface area contributed by atoms with Crippen LogP contribution in [-0.2, 0) is 6.42 Å². The molecule has 0 spiro atoms. The molecule has 0 unspecified atom stereocenters. The number of hydrogen-bond acceptors (Lipinski definition) is 3. The van der Waals surface area contributed by atoms with E-state index in [9.17, 15) is 4.79 Å². The number of Topliss-reactive ketones (excluding diaryl/α,β-unsaturated/α-hetero) is 1. The van der Waals surface area contributed by atoms with Crippen LogP contribution in [-0.4, -0.2) is 12.9 Å². The van der Waals surface area contributed by atoms with Crippen molar-refractivity contribution in [1.29, 1.82) is 0 Å². The normalized spacial score (nSPS) is 10.8. The number of methoxy groups -OCH3 is 1. The van der Waals surface area contributed by atoms with Crippen LogP contribution in [0.1, 0.15) is 21.7 Å². The molecule has 112 valence electrons. The molecule has 0 saturated heterocycles. The van der Waals surface area contributed by atoms with Crippen molar-refractivity contribution in [1.82, 2.24) is 0 Å². The molecule has 1 aromatic heterocycles. The van der Waals surface area contributed by atoms with E-state index >= 15 is 0 Å². The average Bonchev–Trinajstić information content (AvgIpc) is 2.96. The highest BCUT2D eigenvalue weighted by Gasteiger charge is 2.10. The summed E-state index contributed by atoms with van der Waals surface area (Å²) in [5.41, 5.74) is 0.711. The second kappa shape index (κ2) is 6.51. The number of aryl methyl sites for hydroxylation is 1. The number of thiophene rings is 1. The molecule has 3 rings (SSSR count). The minimum atomic E-state index is 0.140. The lowest BCUT2D eigenvalue weighted by Gasteiger charge is -2.00. The highest BCUT2D eigenvalue weighted by Crippen LogP contribution is 2.33. The number of benzene rings is 2. The van der Waals surface area contributed by atoms with Gasteiger partial charge in [0.1, 0.15) is 5.75 Å². The van der Waals surface area contributed by atoms with Crippen LogP contribution in [0.3, 0.4) is 0 Å². The lowest BCUT2D eigenvalue weighted by molar-refractivity contribution is 0.0983. The summed E-state index contributed by atoms with van der Waals surface area (Å²) in [7, 11) is 1.68. The Bertz CT molecular complexity index is 806. The SMILES string of the molecule is COc1cccc2sc(CCC(=O)c3ccc(Cl)cc3)cc12. The molecule has 0 fully saturated rings. The molecule has 4 heteroatoms. The zero-order valence-corrected chi connectivity index (χ0v) is 13.7. The van der Waals surface area contributed by atoms with Gasteiger partial charge in [0.25, 0.3) is 0 Å². The first-order chi connectivity index (χ1) is 10.7. The number of ketones is 1. The van der Waals surface area contributed by atoms with Gasteiger partial charge in [0.2, 0.25) is 0 Å². The van der Waals surface area contributed by atoms with Crippen LogP contribution < -0.4 is 4.74 Å². The Morgan fingerprint density at radius 3 is 2.68 bits per heavy atom. The third kappa shape index (κ3) is 3.16. The number of carbonyl (C=O) groups excluding carboxylic acids is 1. The minimum absolute atomic E-state index is 0.140. The first-order valence-corrected chi connectivity index (χ1v) is 8.21. The van der Waals surface area contributed by atoms with E-state index < -0.39 is 0 Å². The van der Waals surface area contributed by atoms with E-state index in [1.165, 1.54) is 9.58 Å². The maximum absolute atomic E-state index is 12.2. The highest BCUT2D eigenvalue weighted by molar-refractivity contribution is 7.19. The van der Waals surface area contributed by atoms with Gasteiger partial charge >= 0.3 is 0 Å². The number of hydrogen-bond donors (Lipinski definition) is 0. The maximum atomic E-state index is 12.2. The number of fused-ring (bicyclic) bond motifs is 1. The molecule has 3 aromatic rings. The smallest absolute Gasteiger partial charge is 0.163 e. The number of carbonyl (C=O) groups is 1. The van der Waals surface area contributed by atoms with Crippen molar-refractivity contribution in [2.24, 2.45) is 0 Å². The monoisotopic (exact) mass is 330 g/mol. The Labute approximate surface area is 138 Å². The van der Waals surface area contributed by atoms with Crippen LogP contribution >= 0.6 is 22.9 Å². The Kier molecular flexibility index (Phi) is 4.46. The Balaban J connectivity index is 1.73. The van der Waals surface area contributed by atoms with E-state index in [0.29, 0.717) is 17.0 Å². The summed E-state index contributed by atoms with van der Waals surface area (Å²) in [5, 5.41) is 1.76. The Morgan fingerprint density at radius 1 is 1.18 bits per heavy atom. The van der Waals surface area contributed by atoms with E-state index in [1.54, 1.807) is 42.7 Å². The average molecular weight is 331 g/mol. The quantitative estimate of drug-likeness (QED) is 0.587. The number of rotatable bonds is 5. The summed E-state index contributed by atoms with van der Waals surface area (Å²) in [5.74, 6) is 1.02. The fraction of sp³-hybridized carbons (Fsp3) is 0.167. The summed E-state index contributed by atoms with van der Waals surface area (Å²) in [6, 6.07) is 15.2. The van der Waals surface area contributed by atoms with Crippen LogP contribution in [0.2, 0.25) is 5.02 Å². The molecule has 0 aliphatic rings. The first kappa shape index (κ1) is 15.1. The molecule has 0 radical (unpaired) electrons. The molecule has 2 nitrogen and oxygen atoms in total. The predicted molar refractivity (Wildman–Crippen MR) is 92.5 cm³/mol. The number of halogens is 1. The van der Waals surface area contributed by atoms with Crippen LogP contribution in [0.4, 0.5) is 0 Å². The summed E-state index contributed by atoms with van der Waals surface area (Å²) in [6.45, 7) is 0. The highest BCUT2D eigenvalue weighted by atomic mass is 35.5. The Morgan fingerprint density at radius 2 is 1.95 bits per heavy atom. The second-order valence-corrected chi connectivity index (χ2v) is 6.62. The van der Waals surface area contributed by atoms with Crippen molar-refractivity contribution in [3.8, 4) is 5.75 Å². The Hall–Kier alpha value is -1.84. The standard InChI is InChI=1S/C18H15ClO2S/c1-21-17-3-2-4-18-15(17)11-14(22-18)9-10-16(20)12-5-7-13(19)8-6-12/h2-8,11H,9-10H2,1H3. The zero-order chi connectivity index (χ0) is 15.5. The molecule has 0 amide bonds. The molecule has 0 bridgehead atoms. The molecule has 0 atom stereocenters. The van der Waals surface area contributed by atoms with Crippen molar-refractivity contribution in [3.05, 3.63) is 64.0 Å². The molecule has 22 heavy (non-hydrogen) atoms. The topological polar surface area (TPSA) is 26.3 Å². The van der Waals surface area contributed by atoms with Crippen LogP contribution in [0.5, 0.6) is 5.75 Å². The van der Waals surface area contributed by atoms with Crippen molar-refractivity contribution >= 4 is 38.8 Å². The van der Waals surface area contributed by atoms with Crippen molar-refractivity contribution < 1.29 is 9.53 Å². The molecule has 0 saturated carbocycles. The van der Waals surface area contributed by atoms with Crippen LogP contribution in [0.15, 0.2) is 48.5 Å². The van der Waals surface area contributed by atoms with Gasteiger partial charge in [0.05, 0.1) is 7.11 Å². The first-order valence-electron chi connectivity index (χ1n) is 7.01. The third-order valence-corrected chi connectivity index (χ3v) is 4.97. The number of ether oxygens (including phenoxy) is 1. The third-order valence-electron chi connectivity index (χ3n) is 3.56. The molecular formula is C18H15ClO2S. The van der Waals surface area contributed by atoms with Crippen molar-refractivity contribution in [3.63, 3.8) is 0 Å². The van der Waals surface area contributed by atoms with Gasteiger partial charge in [-0.15, -0.1) is 11.3 Å². The summed E-state index contributed by atoms with van der Waals surface area (Å²) in [6.07, 6.45) is 1.24. The fourth-order valence-electron chi connectivity index (χ4n) is 2.40. The lowest BCUT2D eigenvalue weighted by atomic mass is 10.1. The van der Waals surface area contributed by atoms with E-state index in [2.05, 4.69) is 12.1 Å². The van der Waals surface area contributed by atoms with Crippen molar-refractivity contribution in [2.45, 2.75) is 12.8 Å². The molecule has 1 heterocycles. The summed E-state index contributed by atoms with van der Waals surface area (Å²) < 4.78 is 6.56. The predicted octanol–water partition coefficient (Wildman–Crippen LogP) is 5.38. The lowest BCUT2D eigenvalue weighted by Crippen LogP contribution is -2.00. The van der Waals surface area contributed by atoms with E-state index in [1.807, 2.05) is 12.1 Å². The van der Waals surface area contributed by atoms with Gasteiger partial charge in [0.15, 0.2) is 5.78 Å². The largest absolute Gasteiger partial charge is 0.496 e.